The number of nitrogens with zero attached hydrogens (tertiary/aromatic N) is 4. The zero-order valence-corrected chi connectivity index (χ0v) is 15.5. The van der Waals surface area contributed by atoms with E-state index in [1.54, 1.807) is 0 Å². The summed E-state index contributed by atoms with van der Waals surface area (Å²) in [7, 11) is 0. The van der Waals surface area contributed by atoms with Gasteiger partial charge in [-0.05, 0) is 56.0 Å². The Balaban J connectivity index is 1.65. The summed E-state index contributed by atoms with van der Waals surface area (Å²) in [5.41, 5.74) is 10.2. The average molecular weight is 365 g/mol. The summed E-state index contributed by atoms with van der Waals surface area (Å²) in [5.74, 6) is 0. The van der Waals surface area contributed by atoms with E-state index >= 15 is 0 Å². The van der Waals surface area contributed by atoms with Crippen LogP contribution in [-0.2, 0) is 13.1 Å². The Kier molecular flexibility index (Phi) is 5.48. The van der Waals surface area contributed by atoms with Gasteiger partial charge < -0.3 is 15.4 Å². The average Bonchev–Trinajstić information content (AvgIpc) is 3.10. The Morgan fingerprint density at radius 2 is 2.11 bits per heavy atom. The van der Waals surface area contributed by atoms with E-state index in [1.165, 1.54) is 5.56 Å². The number of rotatable bonds is 7. The predicted molar refractivity (Wildman–Crippen MR) is 106 cm³/mol. The van der Waals surface area contributed by atoms with Gasteiger partial charge in [0.2, 0.25) is 0 Å². The van der Waals surface area contributed by atoms with Gasteiger partial charge in [0.05, 0.1) is 41.9 Å². The number of hydrogen-bond donors (Lipinski definition) is 2. The minimum atomic E-state index is -0.445. The largest absolute Gasteiger partial charge is 0.392 e. The number of aryl methyl sites for hydroxylation is 1. The molecule has 0 bridgehead atoms. The number of nitrogens with two attached hydrogens (primary N) is 1. The van der Waals surface area contributed by atoms with Crippen molar-refractivity contribution in [2.45, 2.75) is 44.5 Å². The quantitative estimate of drug-likeness (QED) is 0.672. The lowest BCUT2D eigenvalue weighted by Gasteiger charge is -2.36. The van der Waals surface area contributed by atoms with Gasteiger partial charge in [-0.2, -0.15) is 0 Å². The molecule has 0 amide bonds. The van der Waals surface area contributed by atoms with Crippen LogP contribution in [0.1, 0.15) is 36.6 Å². The Morgan fingerprint density at radius 1 is 1.22 bits per heavy atom. The van der Waals surface area contributed by atoms with Crippen LogP contribution in [0.4, 0.5) is 0 Å². The van der Waals surface area contributed by atoms with Crippen molar-refractivity contribution >= 4 is 11.0 Å². The lowest BCUT2D eigenvalue weighted by atomic mass is 9.90. The van der Waals surface area contributed by atoms with E-state index in [-0.39, 0.29) is 6.04 Å². The maximum atomic E-state index is 10.5. The lowest BCUT2D eigenvalue weighted by molar-refractivity contribution is 0.0550. The van der Waals surface area contributed by atoms with E-state index in [1.807, 2.05) is 36.8 Å². The van der Waals surface area contributed by atoms with Crippen molar-refractivity contribution in [2.24, 2.45) is 5.73 Å². The number of benzene rings is 1. The van der Waals surface area contributed by atoms with Crippen LogP contribution in [0.25, 0.3) is 11.0 Å². The van der Waals surface area contributed by atoms with Crippen LogP contribution in [0.2, 0.25) is 0 Å². The second-order valence-corrected chi connectivity index (χ2v) is 7.30. The molecule has 4 rings (SSSR count). The Labute approximate surface area is 159 Å². The first-order valence-electron chi connectivity index (χ1n) is 9.72. The highest BCUT2D eigenvalue weighted by molar-refractivity contribution is 5.74. The molecule has 0 spiro atoms. The third-order valence-electron chi connectivity index (χ3n) is 5.41. The van der Waals surface area contributed by atoms with Gasteiger partial charge in [-0.3, -0.25) is 9.88 Å². The van der Waals surface area contributed by atoms with Crippen LogP contribution < -0.4 is 5.73 Å². The molecule has 6 heteroatoms. The molecule has 2 unspecified atom stereocenters. The minimum absolute atomic E-state index is 0.198. The van der Waals surface area contributed by atoms with E-state index in [0.717, 1.165) is 36.0 Å². The molecule has 3 aromatic rings. The molecule has 2 heterocycles. The molecular formula is C21H27N5O. The molecule has 3 N–H and O–H groups in total. The molecule has 6 nitrogen and oxygen atoms in total. The van der Waals surface area contributed by atoms with Crippen molar-refractivity contribution in [3.63, 3.8) is 0 Å². The van der Waals surface area contributed by atoms with Crippen molar-refractivity contribution < 1.29 is 5.11 Å². The van der Waals surface area contributed by atoms with Gasteiger partial charge in [-0.25, -0.2) is 4.98 Å². The smallest absolute Gasteiger partial charge is 0.0969 e. The van der Waals surface area contributed by atoms with E-state index in [9.17, 15) is 5.11 Å². The molecule has 142 valence electrons. The van der Waals surface area contributed by atoms with Crippen molar-refractivity contribution in [3.8, 4) is 0 Å². The van der Waals surface area contributed by atoms with Crippen LogP contribution in [0.5, 0.6) is 0 Å². The maximum absolute atomic E-state index is 10.5. The summed E-state index contributed by atoms with van der Waals surface area (Å²) in [4.78, 5) is 11.5. The maximum Gasteiger partial charge on any atom is 0.0969 e. The fourth-order valence-corrected chi connectivity index (χ4v) is 4.10. The molecule has 27 heavy (non-hydrogen) atoms. The van der Waals surface area contributed by atoms with E-state index in [2.05, 4.69) is 26.6 Å². The molecule has 1 aliphatic rings. The van der Waals surface area contributed by atoms with Crippen molar-refractivity contribution in [1.82, 2.24) is 19.4 Å². The topological polar surface area (TPSA) is 80.2 Å². The van der Waals surface area contributed by atoms with Crippen LogP contribution in [-0.4, -0.2) is 43.7 Å². The molecule has 0 aliphatic heterocycles. The normalized spacial score (nSPS) is 18.0. The fourth-order valence-electron chi connectivity index (χ4n) is 4.10. The first kappa shape index (κ1) is 18.1. The second kappa shape index (κ2) is 8.17. The second-order valence-electron chi connectivity index (χ2n) is 7.30. The molecule has 0 radical (unpaired) electrons. The SMILES string of the molecule is NCCC(O)CN(Cn1cnc2ccccc21)C1CCCc2cccnc21. The molecule has 1 aromatic carbocycles. The molecule has 0 saturated carbocycles. The lowest BCUT2D eigenvalue weighted by Crippen LogP contribution is -2.39. The van der Waals surface area contributed by atoms with Crippen LogP contribution in [0.3, 0.4) is 0 Å². The summed E-state index contributed by atoms with van der Waals surface area (Å²) in [6, 6.07) is 12.5. The first-order valence-corrected chi connectivity index (χ1v) is 9.72. The first-order chi connectivity index (χ1) is 13.3. The van der Waals surface area contributed by atoms with Crippen molar-refractivity contribution in [3.05, 3.63) is 60.2 Å². The minimum Gasteiger partial charge on any atom is -0.392 e. The molecule has 2 atom stereocenters. The summed E-state index contributed by atoms with van der Waals surface area (Å²) in [6.45, 7) is 1.73. The highest BCUT2D eigenvalue weighted by Gasteiger charge is 2.28. The number of hydrogen-bond acceptors (Lipinski definition) is 5. The Bertz CT molecular complexity index is 893. The molecule has 1 aliphatic carbocycles. The molecule has 0 fully saturated rings. The number of fused-ring (bicyclic) bond motifs is 2. The number of aromatic nitrogens is 3. The third-order valence-corrected chi connectivity index (χ3v) is 5.41. The summed E-state index contributed by atoms with van der Waals surface area (Å²) in [6.07, 6.45) is 7.17. The standard InChI is InChI=1S/C21H27N5O/c22-11-10-17(27)13-25(15-26-14-24-18-7-1-2-8-19(18)26)20-9-3-5-16-6-4-12-23-21(16)20/h1-2,4,6-8,12,14,17,20,27H,3,5,9-11,13,15,22H2. The third kappa shape index (κ3) is 3.88. The van der Waals surface area contributed by atoms with Crippen LogP contribution in [0.15, 0.2) is 48.9 Å². The monoisotopic (exact) mass is 365 g/mol. The van der Waals surface area contributed by atoms with Gasteiger partial charge in [-0.1, -0.05) is 18.2 Å². The molecule has 0 saturated heterocycles. The van der Waals surface area contributed by atoms with Gasteiger partial charge in [0.15, 0.2) is 0 Å². The van der Waals surface area contributed by atoms with Crippen molar-refractivity contribution in [1.29, 1.82) is 0 Å². The number of para-hydroxylation sites is 2. The summed E-state index contributed by atoms with van der Waals surface area (Å²) < 4.78 is 2.15. The van der Waals surface area contributed by atoms with Crippen LogP contribution in [0, 0.1) is 0 Å². The Morgan fingerprint density at radius 3 is 3.00 bits per heavy atom. The van der Waals surface area contributed by atoms with Gasteiger partial charge >= 0.3 is 0 Å². The summed E-state index contributed by atoms with van der Waals surface area (Å²) >= 11 is 0. The Hall–Kier alpha value is -2.28. The fraction of sp³-hybridized carbons (Fsp3) is 0.429. The van der Waals surface area contributed by atoms with Gasteiger partial charge in [0, 0.05) is 12.7 Å². The van der Waals surface area contributed by atoms with Crippen LogP contribution >= 0.6 is 0 Å². The zero-order chi connectivity index (χ0) is 18.6. The van der Waals surface area contributed by atoms with Crippen molar-refractivity contribution in [2.75, 3.05) is 13.1 Å². The van der Waals surface area contributed by atoms with E-state index in [0.29, 0.717) is 26.2 Å². The highest BCUT2D eigenvalue weighted by atomic mass is 16.3. The highest BCUT2D eigenvalue weighted by Crippen LogP contribution is 2.33. The molecular weight excluding hydrogens is 338 g/mol. The van der Waals surface area contributed by atoms with Gasteiger partial charge in [0.25, 0.3) is 0 Å². The number of aliphatic hydroxyl groups is 1. The number of pyridine rings is 1. The summed E-state index contributed by atoms with van der Waals surface area (Å²) in [5, 5.41) is 10.5. The molecule has 2 aromatic heterocycles. The van der Waals surface area contributed by atoms with Gasteiger partial charge in [-0.15, -0.1) is 0 Å². The van der Waals surface area contributed by atoms with Gasteiger partial charge in [0.1, 0.15) is 0 Å². The number of imidazole rings is 1. The predicted octanol–water partition coefficient (Wildman–Crippen LogP) is 2.48. The zero-order valence-electron chi connectivity index (χ0n) is 15.5. The van der Waals surface area contributed by atoms with E-state index < -0.39 is 6.10 Å². The van der Waals surface area contributed by atoms with E-state index in [4.69, 9.17) is 10.7 Å². The number of aliphatic hydroxyl groups excluding tert-OH is 1.